The fourth-order valence-electron chi connectivity index (χ4n) is 2.05. The van der Waals surface area contributed by atoms with Crippen molar-refractivity contribution in [2.45, 2.75) is 52.6 Å². The first-order valence-electron chi connectivity index (χ1n) is 7.08. The molecular weight excluding hydrogens is 258 g/mol. The Morgan fingerprint density at radius 3 is 2.53 bits per heavy atom. The molecule has 1 unspecified atom stereocenters. The van der Waals surface area contributed by atoms with Crippen molar-refractivity contribution in [3.63, 3.8) is 0 Å². The maximum atomic E-state index is 6.11. The van der Waals surface area contributed by atoms with Gasteiger partial charge in [0.2, 0.25) is 0 Å². The molecule has 0 amide bonds. The first-order chi connectivity index (χ1) is 9.02. The Bertz CT molecular complexity index is 379. The molecule has 0 saturated heterocycles. The van der Waals surface area contributed by atoms with E-state index in [1.165, 1.54) is 24.8 Å². The second-order valence-electron chi connectivity index (χ2n) is 5.58. The topological polar surface area (TPSA) is 21.3 Å². The smallest absolute Gasteiger partial charge is 0.137 e. The van der Waals surface area contributed by atoms with Crippen molar-refractivity contribution < 1.29 is 4.74 Å². The van der Waals surface area contributed by atoms with Crippen molar-refractivity contribution in [3.05, 3.63) is 28.8 Å². The molecule has 0 bridgehead atoms. The van der Waals surface area contributed by atoms with E-state index >= 15 is 0 Å². The summed E-state index contributed by atoms with van der Waals surface area (Å²) < 4.78 is 5.15. The van der Waals surface area contributed by atoms with Gasteiger partial charge in [0.1, 0.15) is 5.75 Å². The molecule has 0 aliphatic heterocycles. The molecule has 0 radical (unpaired) electrons. The normalized spacial score (nSPS) is 12.7. The number of rotatable bonds is 8. The monoisotopic (exact) mass is 283 g/mol. The summed E-state index contributed by atoms with van der Waals surface area (Å²) in [5.41, 5.74) is 1.20. The van der Waals surface area contributed by atoms with Gasteiger partial charge in [0.25, 0.3) is 0 Å². The van der Waals surface area contributed by atoms with Crippen molar-refractivity contribution in [1.82, 2.24) is 5.32 Å². The van der Waals surface area contributed by atoms with E-state index in [0.29, 0.717) is 11.1 Å². The fourth-order valence-corrected chi connectivity index (χ4v) is 2.33. The van der Waals surface area contributed by atoms with Crippen LogP contribution in [0.25, 0.3) is 0 Å². The SMILES string of the molecule is COc1ccc(CNC(C)CCCC(C)C)cc1Cl. The van der Waals surface area contributed by atoms with Crippen LogP contribution in [0.5, 0.6) is 5.75 Å². The van der Waals surface area contributed by atoms with E-state index in [1.54, 1.807) is 7.11 Å². The highest BCUT2D eigenvalue weighted by Gasteiger charge is 2.05. The van der Waals surface area contributed by atoms with Gasteiger partial charge in [-0.25, -0.2) is 0 Å². The molecule has 0 aliphatic carbocycles. The number of hydrogen-bond donors (Lipinski definition) is 1. The van der Waals surface area contributed by atoms with E-state index in [4.69, 9.17) is 16.3 Å². The summed E-state index contributed by atoms with van der Waals surface area (Å²) in [6.07, 6.45) is 3.82. The lowest BCUT2D eigenvalue weighted by Crippen LogP contribution is -2.25. The molecule has 0 aliphatic rings. The first-order valence-corrected chi connectivity index (χ1v) is 7.46. The molecule has 0 saturated carbocycles. The van der Waals surface area contributed by atoms with E-state index in [2.05, 4.69) is 32.2 Å². The minimum Gasteiger partial charge on any atom is -0.495 e. The highest BCUT2D eigenvalue weighted by molar-refractivity contribution is 6.32. The molecule has 0 spiro atoms. The predicted molar refractivity (Wildman–Crippen MR) is 83.0 cm³/mol. The van der Waals surface area contributed by atoms with E-state index in [-0.39, 0.29) is 0 Å². The van der Waals surface area contributed by atoms with Crippen LogP contribution < -0.4 is 10.1 Å². The Morgan fingerprint density at radius 2 is 1.95 bits per heavy atom. The minimum absolute atomic E-state index is 0.541. The molecule has 19 heavy (non-hydrogen) atoms. The van der Waals surface area contributed by atoms with Gasteiger partial charge in [0.15, 0.2) is 0 Å². The average Bonchev–Trinajstić information content (AvgIpc) is 2.36. The van der Waals surface area contributed by atoms with Crippen molar-refractivity contribution in [1.29, 1.82) is 0 Å². The predicted octanol–water partition coefficient (Wildman–Crippen LogP) is 4.65. The number of nitrogens with one attached hydrogen (secondary N) is 1. The summed E-state index contributed by atoms with van der Waals surface area (Å²) in [5, 5.41) is 4.21. The lowest BCUT2D eigenvalue weighted by atomic mass is 10.0. The second-order valence-corrected chi connectivity index (χ2v) is 5.98. The minimum atomic E-state index is 0.541. The zero-order valence-corrected chi connectivity index (χ0v) is 13.3. The van der Waals surface area contributed by atoms with Crippen LogP contribution in [0.4, 0.5) is 0 Å². The number of halogens is 1. The Balaban J connectivity index is 2.33. The summed E-state index contributed by atoms with van der Waals surface area (Å²) >= 11 is 6.11. The number of methoxy groups -OCH3 is 1. The van der Waals surface area contributed by atoms with Gasteiger partial charge < -0.3 is 10.1 Å². The zero-order chi connectivity index (χ0) is 14.3. The summed E-state index contributed by atoms with van der Waals surface area (Å²) in [6.45, 7) is 7.65. The van der Waals surface area contributed by atoms with Gasteiger partial charge in [-0.1, -0.05) is 44.4 Å². The van der Waals surface area contributed by atoms with Crippen molar-refractivity contribution in [3.8, 4) is 5.75 Å². The summed E-state index contributed by atoms with van der Waals surface area (Å²) in [4.78, 5) is 0. The van der Waals surface area contributed by atoms with Crippen LogP contribution in [-0.4, -0.2) is 13.2 Å². The number of ether oxygens (including phenoxy) is 1. The van der Waals surface area contributed by atoms with E-state index in [1.807, 2.05) is 12.1 Å². The fraction of sp³-hybridized carbons (Fsp3) is 0.625. The molecule has 2 nitrogen and oxygen atoms in total. The van der Waals surface area contributed by atoms with Gasteiger partial charge in [0, 0.05) is 12.6 Å². The first kappa shape index (κ1) is 16.3. The molecule has 0 heterocycles. The maximum Gasteiger partial charge on any atom is 0.137 e. The maximum absolute atomic E-state index is 6.11. The number of hydrogen-bond acceptors (Lipinski definition) is 2. The lowest BCUT2D eigenvalue weighted by Gasteiger charge is -2.15. The Labute approximate surface area is 122 Å². The van der Waals surface area contributed by atoms with E-state index < -0.39 is 0 Å². The third-order valence-electron chi connectivity index (χ3n) is 3.29. The number of benzene rings is 1. The van der Waals surface area contributed by atoms with Gasteiger partial charge >= 0.3 is 0 Å². The molecule has 1 aromatic rings. The van der Waals surface area contributed by atoms with Gasteiger partial charge in [-0.05, 0) is 37.0 Å². The largest absolute Gasteiger partial charge is 0.495 e. The van der Waals surface area contributed by atoms with Crippen LogP contribution in [0.3, 0.4) is 0 Å². The second kappa shape index (κ2) is 8.44. The van der Waals surface area contributed by atoms with Crippen molar-refractivity contribution in [2.24, 2.45) is 5.92 Å². The molecule has 0 fully saturated rings. The standard InChI is InChI=1S/C16H26ClNO/c1-12(2)6-5-7-13(3)18-11-14-8-9-16(19-4)15(17)10-14/h8-10,12-13,18H,5-7,11H2,1-4H3. The van der Waals surface area contributed by atoms with Gasteiger partial charge in [-0.3, -0.25) is 0 Å². The third-order valence-corrected chi connectivity index (χ3v) is 3.58. The Kier molecular flexibility index (Phi) is 7.25. The van der Waals surface area contributed by atoms with Crippen LogP contribution >= 0.6 is 11.6 Å². The molecule has 3 heteroatoms. The molecule has 1 atom stereocenters. The van der Waals surface area contributed by atoms with Crippen LogP contribution in [0.2, 0.25) is 5.02 Å². The van der Waals surface area contributed by atoms with Crippen molar-refractivity contribution >= 4 is 11.6 Å². The molecule has 1 N–H and O–H groups in total. The molecule has 108 valence electrons. The zero-order valence-electron chi connectivity index (χ0n) is 12.5. The highest BCUT2D eigenvalue weighted by Crippen LogP contribution is 2.24. The van der Waals surface area contributed by atoms with Crippen LogP contribution in [-0.2, 0) is 6.54 Å². The molecule has 1 aromatic carbocycles. The van der Waals surface area contributed by atoms with Crippen LogP contribution in [0.15, 0.2) is 18.2 Å². The summed E-state index contributed by atoms with van der Waals surface area (Å²) in [5.74, 6) is 1.53. The molecule has 0 aromatic heterocycles. The van der Waals surface area contributed by atoms with Gasteiger partial charge in [-0.15, -0.1) is 0 Å². The van der Waals surface area contributed by atoms with Gasteiger partial charge in [-0.2, -0.15) is 0 Å². The summed E-state index contributed by atoms with van der Waals surface area (Å²) in [7, 11) is 1.63. The quantitative estimate of drug-likeness (QED) is 0.750. The summed E-state index contributed by atoms with van der Waals surface area (Å²) in [6, 6.07) is 6.48. The Morgan fingerprint density at radius 1 is 1.21 bits per heavy atom. The van der Waals surface area contributed by atoms with Crippen LogP contribution in [0.1, 0.15) is 45.6 Å². The highest BCUT2D eigenvalue weighted by atomic mass is 35.5. The molecule has 1 rings (SSSR count). The van der Waals surface area contributed by atoms with E-state index in [9.17, 15) is 0 Å². The van der Waals surface area contributed by atoms with Crippen molar-refractivity contribution in [2.75, 3.05) is 7.11 Å². The third kappa shape index (κ3) is 6.31. The average molecular weight is 284 g/mol. The lowest BCUT2D eigenvalue weighted by molar-refractivity contribution is 0.414. The molecular formula is C16H26ClNO. The van der Waals surface area contributed by atoms with E-state index in [0.717, 1.165) is 18.2 Å². The van der Waals surface area contributed by atoms with Gasteiger partial charge in [0.05, 0.1) is 12.1 Å². The van der Waals surface area contributed by atoms with Crippen LogP contribution in [0, 0.1) is 5.92 Å². The Hall–Kier alpha value is -0.730.